The number of rotatable bonds is 6. The number of hydrogen-bond acceptors (Lipinski definition) is 5. The summed E-state index contributed by atoms with van der Waals surface area (Å²) >= 11 is 6.63. The molecule has 32 heavy (non-hydrogen) atoms. The highest BCUT2D eigenvalue weighted by atomic mass is 32.2. The lowest BCUT2D eigenvalue weighted by Crippen LogP contribution is -2.27. The van der Waals surface area contributed by atoms with Crippen molar-refractivity contribution in [2.45, 2.75) is 0 Å². The van der Waals surface area contributed by atoms with Crippen LogP contribution in [0.15, 0.2) is 83.8 Å². The van der Waals surface area contributed by atoms with Gasteiger partial charge in [-0.25, -0.2) is 4.39 Å². The maximum Gasteiger partial charge on any atom is 0.270 e. The minimum Gasteiger partial charge on any atom is -0.484 e. The Morgan fingerprint density at radius 3 is 2.41 bits per heavy atom. The van der Waals surface area contributed by atoms with Crippen molar-refractivity contribution in [1.82, 2.24) is 0 Å². The molecule has 4 rings (SSSR count). The quantitative estimate of drug-likeness (QED) is 0.399. The van der Waals surface area contributed by atoms with Gasteiger partial charge in [0.05, 0.1) is 10.6 Å². The van der Waals surface area contributed by atoms with Gasteiger partial charge in [-0.1, -0.05) is 54.3 Å². The fourth-order valence-corrected chi connectivity index (χ4v) is 4.26. The Hall–Kier alpha value is -3.49. The molecule has 0 atom stereocenters. The zero-order valence-electron chi connectivity index (χ0n) is 16.7. The number of ether oxygens (including phenoxy) is 1. The van der Waals surface area contributed by atoms with Crippen molar-refractivity contribution in [2.75, 3.05) is 16.8 Å². The molecular weight excluding hydrogens is 447 g/mol. The van der Waals surface area contributed by atoms with E-state index in [1.165, 1.54) is 40.9 Å². The Labute approximate surface area is 193 Å². The van der Waals surface area contributed by atoms with Gasteiger partial charge in [-0.3, -0.25) is 14.5 Å². The molecule has 3 aromatic carbocycles. The van der Waals surface area contributed by atoms with Gasteiger partial charge in [0, 0.05) is 5.69 Å². The topological polar surface area (TPSA) is 58.6 Å². The summed E-state index contributed by atoms with van der Waals surface area (Å²) in [6, 6.07) is 21.8. The van der Waals surface area contributed by atoms with E-state index < -0.39 is 0 Å². The normalized spacial score (nSPS) is 14.7. The second kappa shape index (κ2) is 9.76. The van der Waals surface area contributed by atoms with Gasteiger partial charge in [0.2, 0.25) is 0 Å². The number of amides is 2. The van der Waals surface area contributed by atoms with Crippen LogP contribution in [0.4, 0.5) is 15.8 Å². The molecule has 0 aliphatic carbocycles. The molecule has 1 saturated heterocycles. The van der Waals surface area contributed by atoms with Crippen molar-refractivity contribution in [3.63, 3.8) is 0 Å². The van der Waals surface area contributed by atoms with E-state index in [2.05, 4.69) is 5.32 Å². The minimum absolute atomic E-state index is 0.163. The van der Waals surface area contributed by atoms with Gasteiger partial charge in [-0.2, -0.15) is 0 Å². The molecule has 1 N–H and O–H groups in total. The summed E-state index contributed by atoms with van der Waals surface area (Å²) in [5, 5.41) is 2.63. The average molecular weight is 465 g/mol. The number of carbonyl (C=O) groups is 2. The van der Waals surface area contributed by atoms with Gasteiger partial charge in [0.15, 0.2) is 10.9 Å². The molecule has 1 aliphatic rings. The third-order valence-electron chi connectivity index (χ3n) is 4.48. The number of thiocarbonyl (C=S) groups is 1. The van der Waals surface area contributed by atoms with Crippen LogP contribution >= 0.6 is 24.0 Å². The molecule has 0 aromatic heterocycles. The highest BCUT2D eigenvalue weighted by Gasteiger charge is 2.33. The Morgan fingerprint density at radius 2 is 1.72 bits per heavy atom. The fraction of sp³-hybridized carbons (Fsp3) is 0.0417. The van der Waals surface area contributed by atoms with Crippen molar-refractivity contribution in [1.29, 1.82) is 0 Å². The summed E-state index contributed by atoms with van der Waals surface area (Å²) in [5.74, 6) is -0.385. The summed E-state index contributed by atoms with van der Waals surface area (Å²) in [4.78, 5) is 26.8. The maximum atomic E-state index is 12.9. The molecule has 0 bridgehead atoms. The third-order valence-corrected chi connectivity index (χ3v) is 5.79. The van der Waals surface area contributed by atoms with Crippen LogP contribution in [0.5, 0.6) is 5.75 Å². The standard InChI is InChI=1S/C24H17FN2O3S2/c25-17-8-10-18(11-9-17)26-22(28)15-30-20-12-6-16(7-13-20)14-21-23(29)27(24(31)32-21)19-4-2-1-3-5-19/h1-14H,15H2,(H,26,28)/b21-14-. The molecule has 1 heterocycles. The molecular formula is C24H17FN2O3S2. The summed E-state index contributed by atoms with van der Waals surface area (Å²) in [6.45, 7) is -0.188. The number of para-hydroxylation sites is 1. The van der Waals surface area contributed by atoms with Crippen LogP contribution in [0, 0.1) is 5.82 Å². The van der Waals surface area contributed by atoms with Crippen molar-refractivity contribution in [3.05, 3.63) is 95.1 Å². The van der Waals surface area contributed by atoms with Crippen LogP contribution in [-0.2, 0) is 9.59 Å². The number of nitrogens with one attached hydrogen (secondary N) is 1. The van der Waals surface area contributed by atoms with Crippen molar-refractivity contribution >= 4 is 57.6 Å². The summed E-state index contributed by atoms with van der Waals surface area (Å²) < 4.78 is 18.9. The van der Waals surface area contributed by atoms with Gasteiger partial charge in [-0.15, -0.1) is 0 Å². The van der Waals surface area contributed by atoms with E-state index in [1.807, 2.05) is 30.3 Å². The van der Waals surface area contributed by atoms with Gasteiger partial charge in [-0.05, 0) is 60.2 Å². The predicted molar refractivity (Wildman–Crippen MR) is 129 cm³/mol. The van der Waals surface area contributed by atoms with E-state index in [-0.39, 0.29) is 24.2 Å². The first kappa shape index (κ1) is 21.7. The van der Waals surface area contributed by atoms with E-state index in [0.29, 0.717) is 20.7 Å². The number of benzene rings is 3. The molecule has 0 radical (unpaired) electrons. The number of thioether (sulfide) groups is 1. The third kappa shape index (κ3) is 5.22. The van der Waals surface area contributed by atoms with Crippen LogP contribution in [0.2, 0.25) is 0 Å². The molecule has 5 nitrogen and oxygen atoms in total. The number of nitrogens with zero attached hydrogens (tertiary/aromatic N) is 1. The second-order valence-electron chi connectivity index (χ2n) is 6.77. The van der Waals surface area contributed by atoms with Gasteiger partial charge in [0.25, 0.3) is 11.8 Å². The van der Waals surface area contributed by atoms with E-state index in [9.17, 15) is 14.0 Å². The number of anilines is 2. The highest BCUT2D eigenvalue weighted by Crippen LogP contribution is 2.36. The first-order chi connectivity index (χ1) is 15.5. The molecule has 0 saturated carbocycles. The van der Waals surface area contributed by atoms with Crippen molar-refractivity contribution < 1.29 is 18.7 Å². The number of hydrogen-bond donors (Lipinski definition) is 1. The van der Waals surface area contributed by atoms with E-state index in [0.717, 1.165) is 11.3 Å². The molecule has 0 spiro atoms. The molecule has 8 heteroatoms. The first-order valence-corrected chi connectivity index (χ1v) is 10.8. The molecule has 3 aromatic rings. The summed E-state index contributed by atoms with van der Waals surface area (Å²) in [7, 11) is 0. The predicted octanol–water partition coefficient (Wildman–Crippen LogP) is 5.25. The van der Waals surface area contributed by atoms with Gasteiger partial charge < -0.3 is 10.1 Å². The Morgan fingerprint density at radius 1 is 1.03 bits per heavy atom. The molecule has 1 aliphatic heterocycles. The van der Waals surface area contributed by atoms with Crippen LogP contribution in [0.3, 0.4) is 0 Å². The summed E-state index contributed by atoms with van der Waals surface area (Å²) in [5.41, 5.74) is 2.03. The van der Waals surface area contributed by atoms with E-state index >= 15 is 0 Å². The van der Waals surface area contributed by atoms with Gasteiger partial charge >= 0.3 is 0 Å². The van der Waals surface area contributed by atoms with Crippen molar-refractivity contribution in [3.8, 4) is 5.75 Å². The smallest absolute Gasteiger partial charge is 0.270 e. The fourth-order valence-electron chi connectivity index (χ4n) is 2.96. The van der Waals surface area contributed by atoms with Crippen LogP contribution in [0.25, 0.3) is 6.08 Å². The van der Waals surface area contributed by atoms with Crippen LogP contribution in [-0.4, -0.2) is 22.7 Å². The Balaban J connectivity index is 1.36. The zero-order valence-corrected chi connectivity index (χ0v) is 18.3. The van der Waals surface area contributed by atoms with Crippen LogP contribution in [0.1, 0.15) is 5.56 Å². The lowest BCUT2D eigenvalue weighted by atomic mass is 10.2. The molecule has 0 unspecified atom stereocenters. The number of halogens is 1. The van der Waals surface area contributed by atoms with Gasteiger partial charge in [0.1, 0.15) is 11.6 Å². The Kier molecular flexibility index (Phi) is 6.63. The first-order valence-electron chi connectivity index (χ1n) is 9.61. The number of carbonyl (C=O) groups excluding carboxylic acids is 2. The van der Waals surface area contributed by atoms with Crippen LogP contribution < -0.4 is 15.0 Å². The maximum absolute atomic E-state index is 12.9. The average Bonchev–Trinajstić information content (AvgIpc) is 3.08. The second-order valence-corrected chi connectivity index (χ2v) is 8.44. The zero-order chi connectivity index (χ0) is 22.5. The SMILES string of the molecule is O=C(COc1ccc(/C=C2\SC(=S)N(c3ccccc3)C2=O)cc1)Nc1ccc(F)cc1. The lowest BCUT2D eigenvalue weighted by Gasteiger charge is -2.13. The summed E-state index contributed by atoms with van der Waals surface area (Å²) in [6.07, 6.45) is 1.77. The van der Waals surface area contributed by atoms with E-state index in [1.54, 1.807) is 30.3 Å². The minimum atomic E-state index is -0.374. The molecule has 1 fully saturated rings. The lowest BCUT2D eigenvalue weighted by molar-refractivity contribution is -0.118. The van der Waals surface area contributed by atoms with E-state index in [4.69, 9.17) is 17.0 Å². The largest absolute Gasteiger partial charge is 0.484 e. The molecule has 160 valence electrons. The monoisotopic (exact) mass is 464 g/mol. The highest BCUT2D eigenvalue weighted by molar-refractivity contribution is 8.27. The Bertz CT molecular complexity index is 1180. The molecule has 2 amide bonds. The van der Waals surface area contributed by atoms with Crippen molar-refractivity contribution in [2.24, 2.45) is 0 Å².